The van der Waals surface area contributed by atoms with E-state index in [1.54, 1.807) is 0 Å². The molecule has 2 aromatic rings. The van der Waals surface area contributed by atoms with Crippen molar-refractivity contribution in [2.45, 2.75) is 64.1 Å². The standard InChI is InChI=1S/C23H31N3O3S/c1-2-28-19-9-10-21-16(13-19)12-17(22(27)25-21)15-26(18-6-3-4-7-18)23(30)24-14-20-8-5-11-29-20/h9-10,12-13,18,20H,2-8,11,14-15H2,1H3,(H,24,30)(H,25,27)/t20-/m1/s1. The van der Waals surface area contributed by atoms with Crippen molar-refractivity contribution in [3.63, 3.8) is 0 Å². The van der Waals surface area contributed by atoms with Gasteiger partial charge in [-0.1, -0.05) is 12.8 Å². The summed E-state index contributed by atoms with van der Waals surface area (Å²) in [5.74, 6) is 0.810. The molecule has 1 atom stereocenters. The number of hydrogen-bond acceptors (Lipinski definition) is 4. The van der Waals surface area contributed by atoms with Crippen molar-refractivity contribution in [1.29, 1.82) is 0 Å². The highest BCUT2D eigenvalue weighted by atomic mass is 32.1. The number of ether oxygens (including phenoxy) is 2. The van der Waals surface area contributed by atoms with Crippen LogP contribution in [0.5, 0.6) is 5.75 Å². The van der Waals surface area contributed by atoms with E-state index in [1.165, 1.54) is 12.8 Å². The maximum absolute atomic E-state index is 12.8. The van der Waals surface area contributed by atoms with Gasteiger partial charge in [0.1, 0.15) is 5.75 Å². The number of pyridine rings is 1. The first kappa shape index (κ1) is 21.1. The maximum Gasteiger partial charge on any atom is 0.253 e. The molecule has 0 radical (unpaired) electrons. The molecule has 0 unspecified atom stereocenters. The van der Waals surface area contributed by atoms with Gasteiger partial charge in [0.05, 0.1) is 19.3 Å². The summed E-state index contributed by atoms with van der Waals surface area (Å²) in [6, 6.07) is 8.11. The summed E-state index contributed by atoms with van der Waals surface area (Å²) in [6.07, 6.45) is 7.06. The topological polar surface area (TPSA) is 66.6 Å². The number of rotatable bonds is 7. The lowest BCUT2D eigenvalue weighted by Crippen LogP contribution is -2.47. The molecule has 1 aliphatic carbocycles. The summed E-state index contributed by atoms with van der Waals surface area (Å²) in [7, 11) is 0. The van der Waals surface area contributed by atoms with E-state index in [0.717, 1.165) is 66.2 Å². The normalized spacial score (nSPS) is 19.3. The summed E-state index contributed by atoms with van der Waals surface area (Å²) in [6.45, 7) is 4.65. The van der Waals surface area contributed by atoms with Crippen LogP contribution in [0.25, 0.3) is 10.9 Å². The Balaban J connectivity index is 1.54. The van der Waals surface area contributed by atoms with Gasteiger partial charge in [0.15, 0.2) is 5.11 Å². The molecule has 7 heteroatoms. The van der Waals surface area contributed by atoms with Crippen molar-refractivity contribution in [2.75, 3.05) is 19.8 Å². The third kappa shape index (κ3) is 4.95. The molecule has 6 nitrogen and oxygen atoms in total. The summed E-state index contributed by atoms with van der Waals surface area (Å²) in [5, 5.41) is 5.10. The van der Waals surface area contributed by atoms with Crippen molar-refractivity contribution in [1.82, 2.24) is 15.2 Å². The Hall–Kier alpha value is -2.12. The van der Waals surface area contributed by atoms with E-state index in [4.69, 9.17) is 21.7 Å². The largest absolute Gasteiger partial charge is 0.494 e. The third-order valence-electron chi connectivity index (χ3n) is 6.08. The molecule has 2 N–H and O–H groups in total. The summed E-state index contributed by atoms with van der Waals surface area (Å²) in [4.78, 5) is 18.0. The Morgan fingerprint density at radius 1 is 1.27 bits per heavy atom. The van der Waals surface area contributed by atoms with Gasteiger partial charge in [-0.25, -0.2) is 0 Å². The van der Waals surface area contributed by atoms with Gasteiger partial charge in [0.2, 0.25) is 0 Å². The van der Waals surface area contributed by atoms with E-state index >= 15 is 0 Å². The second kappa shape index (κ2) is 9.79. The second-order valence-corrected chi connectivity index (χ2v) is 8.58. The molecule has 30 heavy (non-hydrogen) atoms. The minimum absolute atomic E-state index is 0.0587. The Morgan fingerprint density at radius 3 is 2.83 bits per heavy atom. The lowest BCUT2D eigenvalue weighted by atomic mass is 10.1. The average molecular weight is 430 g/mol. The van der Waals surface area contributed by atoms with Gasteiger partial charge in [-0.3, -0.25) is 4.79 Å². The van der Waals surface area contributed by atoms with Crippen molar-refractivity contribution < 1.29 is 9.47 Å². The Labute approximate surface area is 182 Å². The molecule has 0 spiro atoms. The first-order chi connectivity index (χ1) is 14.6. The van der Waals surface area contributed by atoms with Crippen LogP contribution in [-0.2, 0) is 11.3 Å². The van der Waals surface area contributed by atoms with E-state index in [2.05, 4.69) is 15.2 Å². The smallest absolute Gasteiger partial charge is 0.253 e. The van der Waals surface area contributed by atoms with Crippen LogP contribution < -0.4 is 15.6 Å². The van der Waals surface area contributed by atoms with Crippen molar-refractivity contribution in [3.05, 3.63) is 40.2 Å². The van der Waals surface area contributed by atoms with Crippen molar-refractivity contribution in [3.8, 4) is 5.75 Å². The fraction of sp³-hybridized carbons (Fsp3) is 0.565. The monoisotopic (exact) mass is 429 g/mol. The fourth-order valence-electron chi connectivity index (χ4n) is 4.48. The molecule has 0 bridgehead atoms. The molecule has 1 saturated carbocycles. The zero-order valence-electron chi connectivity index (χ0n) is 17.6. The Kier molecular flexibility index (Phi) is 6.89. The minimum Gasteiger partial charge on any atom is -0.494 e. The molecule has 1 saturated heterocycles. The van der Waals surface area contributed by atoms with E-state index < -0.39 is 0 Å². The first-order valence-electron chi connectivity index (χ1n) is 11.1. The molecular weight excluding hydrogens is 398 g/mol. The number of hydrogen-bond donors (Lipinski definition) is 2. The molecule has 0 amide bonds. The summed E-state index contributed by atoms with van der Waals surface area (Å²) < 4.78 is 11.3. The highest BCUT2D eigenvalue weighted by Crippen LogP contribution is 2.26. The van der Waals surface area contributed by atoms with Gasteiger partial charge in [-0.15, -0.1) is 0 Å². The van der Waals surface area contributed by atoms with Gasteiger partial charge in [-0.05, 0) is 69.1 Å². The minimum atomic E-state index is -0.0587. The molecule has 4 rings (SSSR count). The molecule has 1 aromatic carbocycles. The summed E-state index contributed by atoms with van der Waals surface area (Å²) >= 11 is 5.77. The van der Waals surface area contributed by atoms with E-state index in [1.807, 2.05) is 31.2 Å². The van der Waals surface area contributed by atoms with Gasteiger partial charge in [0, 0.05) is 35.7 Å². The van der Waals surface area contributed by atoms with Crippen LogP contribution in [-0.4, -0.2) is 46.9 Å². The van der Waals surface area contributed by atoms with Crippen LogP contribution in [0.1, 0.15) is 51.0 Å². The van der Waals surface area contributed by atoms with Crippen LogP contribution in [0, 0.1) is 0 Å². The van der Waals surface area contributed by atoms with Crippen LogP contribution in [0.2, 0.25) is 0 Å². The van der Waals surface area contributed by atoms with Crippen LogP contribution in [0.15, 0.2) is 29.1 Å². The number of nitrogens with zero attached hydrogens (tertiary/aromatic N) is 1. The number of nitrogens with one attached hydrogen (secondary N) is 2. The molecule has 1 aliphatic heterocycles. The predicted molar refractivity (Wildman–Crippen MR) is 123 cm³/mol. The number of H-pyrrole nitrogens is 1. The van der Waals surface area contributed by atoms with E-state index in [-0.39, 0.29) is 11.7 Å². The lowest BCUT2D eigenvalue weighted by molar-refractivity contribution is 0.113. The highest BCUT2D eigenvalue weighted by Gasteiger charge is 2.26. The SMILES string of the molecule is CCOc1ccc2[nH]c(=O)c(CN(C(=S)NC[C@H]3CCCO3)C3CCCC3)cc2c1. The lowest BCUT2D eigenvalue weighted by Gasteiger charge is -2.32. The van der Waals surface area contributed by atoms with Crippen molar-refractivity contribution >= 4 is 28.2 Å². The summed E-state index contributed by atoms with van der Waals surface area (Å²) in [5.41, 5.74) is 1.49. The zero-order valence-corrected chi connectivity index (χ0v) is 18.4. The van der Waals surface area contributed by atoms with Gasteiger partial charge in [-0.2, -0.15) is 0 Å². The predicted octanol–water partition coefficient (Wildman–Crippen LogP) is 3.72. The molecule has 2 aliphatic rings. The van der Waals surface area contributed by atoms with Crippen molar-refractivity contribution in [2.24, 2.45) is 0 Å². The Bertz CT molecular complexity index is 933. The maximum atomic E-state index is 12.8. The number of benzene rings is 1. The average Bonchev–Trinajstić information content (AvgIpc) is 3.45. The van der Waals surface area contributed by atoms with Crippen LogP contribution in [0.3, 0.4) is 0 Å². The van der Waals surface area contributed by atoms with E-state index in [0.29, 0.717) is 19.2 Å². The van der Waals surface area contributed by atoms with Crippen LogP contribution >= 0.6 is 12.2 Å². The molecule has 1 aromatic heterocycles. The molecule has 2 heterocycles. The second-order valence-electron chi connectivity index (χ2n) is 8.19. The fourth-order valence-corrected chi connectivity index (χ4v) is 4.77. The third-order valence-corrected chi connectivity index (χ3v) is 6.45. The number of fused-ring (bicyclic) bond motifs is 1. The number of aromatic amines is 1. The molecule has 162 valence electrons. The molecular formula is C23H31N3O3S. The zero-order chi connectivity index (χ0) is 20.9. The van der Waals surface area contributed by atoms with Crippen LogP contribution in [0.4, 0.5) is 0 Å². The van der Waals surface area contributed by atoms with E-state index in [9.17, 15) is 4.79 Å². The van der Waals surface area contributed by atoms with Gasteiger partial charge >= 0.3 is 0 Å². The first-order valence-corrected chi connectivity index (χ1v) is 11.5. The number of aromatic nitrogens is 1. The quantitative estimate of drug-likeness (QED) is 0.654. The molecule has 2 fully saturated rings. The Morgan fingerprint density at radius 2 is 2.10 bits per heavy atom. The highest BCUT2D eigenvalue weighted by molar-refractivity contribution is 7.80. The van der Waals surface area contributed by atoms with Gasteiger partial charge < -0.3 is 24.7 Å². The number of thiocarbonyl (C=S) groups is 1. The van der Waals surface area contributed by atoms with Gasteiger partial charge in [0.25, 0.3) is 5.56 Å².